The van der Waals surface area contributed by atoms with Crippen molar-refractivity contribution in [2.45, 2.75) is 6.42 Å². The van der Waals surface area contributed by atoms with Crippen LogP contribution < -0.4 is 10.1 Å². The van der Waals surface area contributed by atoms with Crippen LogP contribution in [-0.2, 0) is 4.79 Å². The summed E-state index contributed by atoms with van der Waals surface area (Å²) in [4.78, 5) is 25.1. The van der Waals surface area contributed by atoms with Crippen LogP contribution in [0.3, 0.4) is 0 Å². The third-order valence-corrected chi connectivity index (χ3v) is 6.60. The average molecular weight is 438 g/mol. The van der Waals surface area contributed by atoms with E-state index in [1.165, 1.54) is 13.2 Å². The maximum atomic E-state index is 14.5. The molecule has 168 valence electrons. The molecule has 2 aromatic heterocycles. The van der Waals surface area contributed by atoms with Crippen LogP contribution in [0.2, 0.25) is 0 Å². The molecule has 8 heteroatoms. The molecule has 2 aliphatic rings. The second kappa shape index (κ2) is 8.52. The van der Waals surface area contributed by atoms with Crippen molar-refractivity contribution in [3.05, 3.63) is 42.3 Å². The number of piperazine rings is 1. The summed E-state index contributed by atoms with van der Waals surface area (Å²) in [5.74, 6) is 1.10. The van der Waals surface area contributed by atoms with Gasteiger partial charge in [0.05, 0.1) is 12.7 Å². The smallest absolute Gasteiger partial charge is 0.228 e. The molecule has 0 radical (unpaired) electrons. The largest absolute Gasteiger partial charge is 0.496 e. The molecule has 0 unspecified atom stereocenters. The summed E-state index contributed by atoms with van der Waals surface area (Å²) in [6.45, 7) is 5.31. The molecule has 2 atom stereocenters. The van der Waals surface area contributed by atoms with Crippen LogP contribution >= 0.6 is 0 Å². The molecule has 1 aliphatic carbocycles. The number of methoxy groups -OCH3 is 1. The molecule has 3 heterocycles. The highest BCUT2D eigenvalue weighted by Crippen LogP contribution is 2.40. The first-order chi connectivity index (χ1) is 15.5. The number of ether oxygens (including phenoxy) is 1. The number of pyridine rings is 1. The van der Waals surface area contributed by atoms with Gasteiger partial charge < -0.3 is 24.8 Å². The predicted molar refractivity (Wildman–Crippen MR) is 122 cm³/mol. The van der Waals surface area contributed by atoms with Crippen molar-refractivity contribution in [1.29, 1.82) is 0 Å². The summed E-state index contributed by atoms with van der Waals surface area (Å²) in [6, 6.07) is 8.38. The number of rotatable bonds is 6. The Bertz CT molecular complexity index is 1140. The van der Waals surface area contributed by atoms with Crippen molar-refractivity contribution in [2.75, 3.05) is 52.2 Å². The Morgan fingerprint density at radius 3 is 2.84 bits per heavy atom. The van der Waals surface area contributed by atoms with Gasteiger partial charge in [-0.2, -0.15) is 0 Å². The van der Waals surface area contributed by atoms with Crippen molar-refractivity contribution in [1.82, 2.24) is 19.8 Å². The van der Waals surface area contributed by atoms with E-state index >= 15 is 0 Å². The standard InChI is InChI=1S/C24H28FN5O2/c1-29-8-10-30(11-9-29)14-15-12-17(15)24(31)28-21-7-6-16-18(13-26-23(16)27-21)22-19(25)4-3-5-20(22)32-2/h3-7,13,15,17H,8-12,14H2,1-2H3,(H2,26,27,28,31)/t15-,17+/m1/s1. The van der Waals surface area contributed by atoms with Crippen molar-refractivity contribution < 1.29 is 13.9 Å². The molecule has 1 aromatic carbocycles. The number of amides is 1. The number of benzene rings is 1. The molecule has 1 amide bonds. The van der Waals surface area contributed by atoms with Gasteiger partial charge in [0, 0.05) is 55.8 Å². The topological polar surface area (TPSA) is 73.5 Å². The number of fused-ring (bicyclic) bond motifs is 1. The molecule has 7 nitrogen and oxygen atoms in total. The van der Waals surface area contributed by atoms with Gasteiger partial charge >= 0.3 is 0 Å². The summed E-state index contributed by atoms with van der Waals surface area (Å²) in [5.41, 5.74) is 1.66. The number of nitrogens with one attached hydrogen (secondary N) is 2. The molecule has 1 saturated heterocycles. The number of aromatic nitrogens is 2. The molecular weight excluding hydrogens is 409 g/mol. The van der Waals surface area contributed by atoms with E-state index in [0.717, 1.165) is 44.5 Å². The number of halogens is 1. The van der Waals surface area contributed by atoms with E-state index in [1.54, 1.807) is 24.4 Å². The lowest BCUT2D eigenvalue weighted by Gasteiger charge is -2.32. The third-order valence-electron chi connectivity index (χ3n) is 6.60. The summed E-state index contributed by atoms with van der Waals surface area (Å²) in [5, 5.41) is 3.73. The van der Waals surface area contributed by atoms with E-state index in [9.17, 15) is 9.18 Å². The summed E-state index contributed by atoms with van der Waals surface area (Å²) in [7, 11) is 3.67. The molecule has 3 aromatic rings. The highest BCUT2D eigenvalue weighted by Gasteiger charge is 2.44. The van der Waals surface area contributed by atoms with Crippen LogP contribution in [0.5, 0.6) is 5.75 Å². The molecule has 1 aliphatic heterocycles. The van der Waals surface area contributed by atoms with Crippen molar-refractivity contribution >= 4 is 22.8 Å². The summed E-state index contributed by atoms with van der Waals surface area (Å²) < 4.78 is 19.9. The van der Waals surface area contributed by atoms with E-state index in [4.69, 9.17) is 4.74 Å². The lowest BCUT2D eigenvalue weighted by molar-refractivity contribution is -0.117. The zero-order chi connectivity index (χ0) is 22.2. The lowest BCUT2D eigenvalue weighted by atomic mass is 10.0. The van der Waals surface area contributed by atoms with Gasteiger partial charge in [0.25, 0.3) is 0 Å². The minimum atomic E-state index is -0.359. The highest BCUT2D eigenvalue weighted by atomic mass is 19.1. The number of anilines is 1. The SMILES string of the molecule is COc1cccc(F)c1-c1c[nH]c2nc(NC(=O)[C@H]3C[C@@H]3CN3CCN(C)CC3)ccc12. The Labute approximate surface area is 186 Å². The van der Waals surface area contributed by atoms with Crippen LogP contribution in [-0.4, -0.2) is 72.6 Å². The minimum absolute atomic E-state index is 0.0264. The Balaban J connectivity index is 1.26. The molecule has 2 fully saturated rings. The fourth-order valence-corrected chi connectivity index (χ4v) is 4.57. The zero-order valence-corrected chi connectivity index (χ0v) is 18.4. The molecular formula is C24H28FN5O2. The number of likely N-dealkylation sites (N-methyl/N-ethyl adjacent to an activating group) is 1. The van der Waals surface area contributed by atoms with Gasteiger partial charge in [-0.15, -0.1) is 0 Å². The molecule has 0 bridgehead atoms. The maximum absolute atomic E-state index is 14.5. The van der Waals surface area contributed by atoms with Crippen molar-refractivity contribution in [3.8, 4) is 16.9 Å². The Morgan fingerprint density at radius 2 is 2.06 bits per heavy atom. The van der Waals surface area contributed by atoms with Crippen LogP contribution in [0, 0.1) is 17.7 Å². The van der Waals surface area contributed by atoms with Gasteiger partial charge in [-0.3, -0.25) is 4.79 Å². The van der Waals surface area contributed by atoms with Gasteiger partial charge in [-0.1, -0.05) is 6.07 Å². The highest BCUT2D eigenvalue weighted by molar-refractivity contribution is 5.98. The van der Waals surface area contributed by atoms with E-state index in [-0.39, 0.29) is 17.6 Å². The molecule has 0 spiro atoms. The zero-order valence-electron chi connectivity index (χ0n) is 18.4. The molecule has 5 rings (SSSR count). The molecule has 2 N–H and O–H groups in total. The average Bonchev–Trinajstić information content (AvgIpc) is 3.44. The number of H-pyrrole nitrogens is 1. The first-order valence-corrected chi connectivity index (χ1v) is 11.1. The summed E-state index contributed by atoms with van der Waals surface area (Å²) >= 11 is 0. The number of carbonyl (C=O) groups is 1. The number of hydrogen-bond donors (Lipinski definition) is 2. The predicted octanol–water partition coefficient (Wildman–Crippen LogP) is 3.20. The normalized spacial score (nSPS) is 21.6. The third kappa shape index (κ3) is 4.08. The van der Waals surface area contributed by atoms with Crippen LogP contribution in [0.15, 0.2) is 36.5 Å². The Kier molecular flexibility index (Phi) is 5.57. The van der Waals surface area contributed by atoms with Gasteiger partial charge in [-0.05, 0) is 43.7 Å². The van der Waals surface area contributed by atoms with Crippen molar-refractivity contribution in [2.24, 2.45) is 11.8 Å². The first-order valence-electron chi connectivity index (χ1n) is 11.1. The number of hydrogen-bond acceptors (Lipinski definition) is 5. The minimum Gasteiger partial charge on any atom is -0.496 e. The number of aromatic amines is 1. The van der Waals surface area contributed by atoms with Crippen LogP contribution in [0.1, 0.15) is 6.42 Å². The Morgan fingerprint density at radius 1 is 1.25 bits per heavy atom. The second-order valence-corrected chi connectivity index (χ2v) is 8.81. The molecule has 32 heavy (non-hydrogen) atoms. The fraction of sp³-hybridized carbons (Fsp3) is 0.417. The first kappa shape index (κ1) is 20.9. The van der Waals surface area contributed by atoms with E-state index in [2.05, 4.69) is 32.1 Å². The van der Waals surface area contributed by atoms with Gasteiger partial charge in [0.2, 0.25) is 5.91 Å². The lowest BCUT2D eigenvalue weighted by Crippen LogP contribution is -2.45. The fourth-order valence-electron chi connectivity index (χ4n) is 4.57. The quantitative estimate of drug-likeness (QED) is 0.620. The van der Waals surface area contributed by atoms with Crippen LogP contribution in [0.25, 0.3) is 22.2 Å². The van der Waals surface area contributed by atoms with E-state index in [1.807, 2.05) is 6.07 Å². The van der Waals surface area contributed by atoms with Gasteiger partial charge in [0.1, 0.15) is 23.0 Å². The summed E-state index contributed by atoms with van der Waals surface area (Å²) in [6.07, 6.45) is 2.65. The van der Waals surface area contributed by atoms with E-state index < -0.39 is 0 Å². The molecule has 1 saturated carbocycles. The number of carbonyl (C=O) groups excluding carboxylic acids is 1. The Hall–Kier alpha value is -2.97. The van der Waals surface area contributed by atoms with Crippen molar-refractivity contribution in [3.63, 3.8) is 0 Å². The second-order valence-electron chi connectivity index (χ2n) is 8.81. The van der Waals surface area contributed by atoms with E-state index in [0.29, 0.717) is 34.3 Å². The number of nitrogens with zero attached hydrogens (tertiary/aromatic N) is 3. The van der Waals surface area contributed by atoms with Gasteiger partial charge in [0.15, 0.2) is 0 Å². The van der Waals surface area contributed by atoms with Gasteiger partial charge in [-0.25, -0.2) is 9.37 Å². The van der Waals surface area contributed by atoms with Crippen LogP contribution in [0.4, 0.5) is 10.2 Å². The maximum Gasteiger partial charge on any atom is 0.228 e. The monoisotopic (exact) mass is 437 g/mol.